The lowest BCUT2D eigenvalue weighted by Gasteiger charge is -2.29. The molecule has 0 heterocycles. The third-order valence-electron chi connectivity index (χ3n) is 2.69. The molecule has 1 atom stereocenters. The molecule has 1 unspecified atom stereocenters. The standard InChI is InChI=1S/C9H19F/c1-5-8(2)9(3,4)6-7-10/h8H,5-7H2,1-4H3. The fourth-order valence-corrected chi connectivity index (χ4v) is 1.04. The van der Waals surface area contributed by atoms with Crippen molar-refractivity contribution in [2.45, 2.75) is 40.5 Å². The Labute approximate surface area is 63.8 Å². The van der Waals surface area contributed by atoms with Crippen LogP contribution in [0.1, 0.15) is 40.5 Å². The van der Waals surface area contributed by atoms with Crippen molar-refractivity contribution in [1.29, 1.82) is 0 Å². The Morgan fingerprint density at radius 3 is 2.20 bits per heavy atom. The summed E-state index contributed by atoms with van der Waals surface area (Å²) in [5.74, 6) is 0.628. The highest BCUT2D eigenvalue weighted by atomic mass is 19.1. The highest BCUT2D eigenvalue weighted by Gasteiger charge is 2.23. The highest BCUT2D eigenvalue weighted by Crippen LogP contribution is 2.32. The van der Waals surface area contributed by atoms with Gasteiger partial charge >= 0.3 is 0 Å². The van der Waals surface area contributed by atoms with Crippen molar-refractivity contribution in [3.05, 3.63) is 0 Å². The molecule has 0 aromatic carbocycles. The third-order valence-corrected chi connectivity index (χ3v) is 2.69. The van der Waals surface area contributed by atoms with Gasteiger partial charge in [0.15, 0.2) is 0 Å². The molecule has 0 saturated heterocycles. The third kappa shape index (κ3) is 2.68. The predicted molar refractivity (Wildman–Crippen MR) is 43.8 cm³/mol. The Bertz CT molecular complexity index is 86.7. The van der Waals surface area contributed by atoms with Gasteiger partial charge in [0, 0.05) is 0 Å². The summed E-state index contributed by atoms with van der Waals surface area (Å²) in [5, 5.41) is 0. The van der Waals surface area contributed by atoms with Crippen molar-refractivity contribution < 1.29 is 4.39 Å². The first-order valence-electron chi connectivity index (χ1n) is 4.10. The van der Waals surface area contributed by atoms with Crippen molar-refractivity contribution in [3.8, 4) is 0 Å². The van der Waals surface area contributed by atoms with E-state index in [-0.39, 0.29) is 12.1 Å². The summed E-state index contributed by atoms with van der Waals surface area (Å²) in [6.07, 6.45) is 1.84. The van der Waals surface area contributed by atoms with Gasteiger partial charge in [-0.2, -0.15) is 0 Å². The highest BCUT2D eigenvalue weighted by molar-refractivity contribution is 4.73. The molecule has 0 bridgehead atoms. The van der Waals surface area contributed by atoms with Gasteiger partial charge in [0.25, 0.3) is 0 Å². The van der Waals surface area contributed by atoms with Crippen LogP contribution >= 0.6 is 0 Å². The lowest BCUT2D eigenvalue weighted by molar-refractivity contribution is 0.186. The van der Waals surface area contributed by atoms with E-state index in [9.17, 15) is 4.39 Å². The van der Waals surface area contributed by atoms with Gasteiger partial charge in [-0.15, -0.1) is 0 Å². The molecule has 0 aromatic rings. The largest absolute Gasteiger partial charge is 0.251 e. The normalized spacial score (nSPS) is 15.3. The molecule has 0 aliphatic carbocycles. The van der Waals surface area contributed by atoms with Gasteiger partial charge < -0.3 is 0 Å². The van der Waals surface area contributed by atoms with Gasteiger partial charge in [0.1, 0.15) is 0 Å². The summed E-state index contributed by atoms with van der Waals surface area (Å²) in [5.41, 5.74) is 0.184. The van der Waals surface area contributed by atoms with Crippen molar-refractivity contribution in [2.75, 3.05) is 6.67 Å². The van der Waals surface area contributed by atoms with Gasteiger partial charge in [-0.25, -0.2) is 0 Å². The molecule has 0 amide bonds. The van der Waals surface area contributed by atoms with Crippen molar-refractivity contribution in [2.24, 2.45) is 11.3 Å². The summed E-state index contributed by atoms with van der Waals surface area (Å²) >= 11 is 0. The van der Waals surface area contributed by atoms with Crippen LogP contribution < -0.4 is 0 Å². The van der Waals surface area contributed by atoms with Crippen molar-refractivity contribution >= 4 is 0 Å². The second kappa shape index (κ2) is 3.95. The zero-order chi connectivity index (χ0) is 8.20. The van der Waals surface area contributed by atoms with Crippen LogP contribution in [0.3, 0.4) is 0 Å². The Morgan fingerprint density at radius 2 is 1.90 bits per heavy atom. The average molecular weight is 146 g/mol. The number of hydrogen-bond acceptors (Lipinski definition) is 0. The molecule has 0 radical (unpaired) electrons. The van der Waals surface area contributed by atoms with E-state index in [0.717, 1.165) is 6.42 Å². The Balaban J connectivity index is 3.82. The molecule has 62 valence electrons. The first-order valence-corrected chi connectivity index (χ1v) is 4.10. The molecule has 10 heavy (non-hydrogen) atoms. The van der Waals surface area contributed by atoms with E-state index in [0.29, 0.717) is 12.3 Å². The van der Waals surface area contributed by atoms with Crippen molar-refractivity contribution in [3.63, 3.8) is 0 Å². The van der Waals surface area contributed by atoms with Crippen LogP contribution in [0.4, 0.5) is 4.39 Å². The summed E-state index contributed by atoms with van der Waals surface area (Å²) in [7, 11) is 0. The first kappa shape index (κ1) is 9.93. The van der Waals surface area contributed by atoms with Gasteiger partial charge in [-0.1, -0.05) is 34.1 Å². The van der Waals surface area contributed by atoms with E-state index in [2.05, 4.69) is 27.7 Å². The molecule has 1 heteroatoms. The molecule has 0 saturated carbocycles. The summed E-state index contributed by atoms with van der Waals surface area (Å²) in [6.45, 7) is 8.44. The monoisotopic (exact) mass is 146 g/mol. The van der Waals surface area contributed by atoms with Gasteiger partial charge in [-0.3, -0.25) is 4.39 Å². The van der Waals surface area contributed by atoms with E-state index < -0.39 is 0 Å². The number of hydrogen-bond donors (Lipinski definition) is 0. The molecule has 0 fully saturated rings. The number of rotatable bonds is 4. The molecule has 0 N–H and O–H groups in total. The fourth-order valence-electron chi connectivity index (χ4n) is 1.04. The van der Waals surface area contributed by atoms with Crippen LogP contribution in [0.25, 0.3) is 0 Å². The number of alkyl halides is 1. The lowest BCUT2D eigenvalue weighted by atomic mass is 9.76. The maximum atomic E-state index is 12.0. The Hall–Kier alpha value is -0.0700. The first-order chi connectivity index (χ1) is 4.54. The summed E-state index contributed by atoms with van der Waals surface area (Å²) in [6, 6.07) is 0. The van der Waals surface area contributed by atoms with E-state index in [1.54, 1.807) is 0 Å². The predicted octanol–water partition coefficient (Wildman–Crippen LogP) is 3.42. The van der Waals surface area contributed by atoms with E-state index >= 15 is 0 Å². The molecule has 0 rings (SSSR count). The van der Waals surface area contributed by atoms with Gasteiger partial charge in [0.2, 0.25) is 0 Å². The van der Waals surface area contributed by atoms with Crippen LogP contribution in [0.2, 0.25) is 0 Å². The molecule has 0 nitrogen and oxygen atoms in total. The minimum absolute atomic E-state index is 0.183. The zero-order valence-electron chi connectivity index (χ0n) is 7.58. The summed E-state index contributed by atoms with van der Waals surface area (Å²) < 4.78 is 12.0. The quantitative estimate of drug-likeness (QED) is 0.570. The van der Waals surface area contributed by atoms with Crippen LogP contribution in [-0.4, -0.2) is 6.67 Å². The Kier molecular flexibility index (Phi) is 3.92. The maximum Gasteiger partial charge on any atom is 0.0899 e. The fraction of sp³-hybridized carbons (Fsp3) is 1.00. The number of halogens is 1. The average Bonchev–Trinajstić information content (AvgIpc) is 1.86. The van der Waals surface area contributed by atoms with E-state index in [1.165, 1.54) is 0 Å². The molecular formula is C9H19F. The maximum absolute atomic E-state index is 12.0. The molecule has 0 aliphatic heterocycles. The minimum Gasteiger partial charge on any atom is -0.251 e. The van der Waals surface area contributed by atoms with Crippen molar-refractivity contribution in [1.82, 2.24) is 0 Å². The van der Waals surface area contributed by atoms with E-state index in [1.807, 2.05) is 0 Å². The molecule has 0 spiro atoms. The second-order valence-electron chi connectivity index (χ2n) is 3.74. The smallest absolute Gasteiger partial charge is 0.0899 e. The van der Waals surface area contributed by atoms with Crippen LogP contribution in [0.15, 0.2) is 0 Å². The lowest BCUT2D eigenvalue weighted by Crippen LogP contribution is -2.21. The SMILES string of the molecule is CCC(C)C(C)(C)CCF. The second-order valence-corrected chi connectivity index (χ2v) is 3.74. The molecule has 0 aromatic heterocycles. The van der Waals surface area contributed by atoms with Crippen LogP contribution in [-0.2, 0) is 0 Å². The zero-order valence-corrected chi connectivity index (χ0v) is 7.58. The topological polar surface area (TPSA) is 0 Å². The van der Waals surface area contributed by atoms with Crippen LogP contribution in [0.5, 0.6) is 0 Å². The Morgan fingerprint density at radius 1 is 1.40 bits per heavy atom. The van der Waals surface area contributed by atoms with Gasteiger partial charge in [0.05, 0.1) is 6.67 Å². The van der Waals surface area contributed by atoms with E-state index in [4.69, 9.17) is 0 Å². The molecular weight excluding hydrogens is 127 g/mol. The molecule has 0 aliphatic rings. The van der Waals surface area contributed by atoms with Gasteiger partial charge in [-0.05, 0) is 17.8 Å². The van der Waals surface area contributed by atoms with Crippen LogP contribution in [0, 0.1) is 11.3 Å². The minimum atomic E-state index is -0.183. The summed E-state index contributed by atoms with van der Waals surface area (Å²) in [4.78, 5) is 0.